The van der Waals surface area contributed by atoms with Crippen LogP contribution in [0.25, 0.3) is 6.08 Å². The van der Waals surface area contributed by atoms with E-state index in [4.69, 9.17) is 16.3 Å². The number of carbonyl (C=O) groups excluding carboxylic acids is 1. The summed E-state index contributed by atoms with van der Waals surface area (Å²) in [5, 5.41) is 0.576. The molecule has 0 aliphatic rings. The lowest BCUT2D eigenvalue weighted by Gasteiger charge is -2.06. The molecule has 0 saturated heterocycles. The van der Waals surface area contributed by atoms with Crippen molar-refractivity contribution in [3.63, 3.8) is 0 Å². The van der Waals surface area contributed by atoms with Crippen LogP contribution in [0.3, 0.4) is 0 Å². The van der Waals surface area contributed by atoms with Crippen LogP contribution in [0, 0.1) is 0 Å². The average molecular weight is 352 g/mol. The van der Waals surface area contributed by atoms with Crippen molar-refractivity contribution in [2.45, 2.75) is 4.90 Å². The number of methoxy groups -OCH3 is 1. The molecule has 2 rings (SSSR count). The number of carbonyl (C=O) groups is 1. The normalized spacial score (nSPS) is 11.4. The molecule has 0 unspecified atom stereocenters. The summed E-state index contributed by atoms with van der Waals surface area (Å²) in [5.74, 6) is -0.361. The van der Waals surface area contributed by atoms with Crippen molar-refractivity contribution in [2.24, 2.45) is 0 Å². The highest BCUT2D eigenvalue weighted by atomic mass is 35.5. The maximum atomic E-state index is 12.1. The van der Waals surface area contributed by atoms with Gasteiger partial charge in [-0.1, -0.05) is 29.8 Å². The Morgan fingerprint density at radius 1 is 1.17 bits per heavy atom. The second kappa shape index (κ2) is 7.30. The SMILES string of the molecule is COc1cccc(S(=O)(=O)NC(=O)C=Cc2ccc(Cl)cc2)c1. The Balaban J connectivity index is 2.10. The number of hydrogen-bond acceptors (Lipinski definition) is 4. The smallest absolute Gasteiger partial charge is 0.264 e. The van der Waals surface area contributed by atoms with Crippen molar-refractivity contribution < 1.29 is 17.9 Å². The van der Waals surface area contributed by atoms with Gasteiger partial charge in [0.25, 0.3) is 15.9 Å². The fourth-order valence-corrected chi connectivity index (χ4v) is 2.85. The zero-order valence-corrected chi connectivity index (χ0v) is 13.8. The van der Waals surface area contributed by atoms with Crippen molar-refractivity contribution >= 4 is 33.6 Å². The zero-order chi connectivity index (χ0) is 16.9. The third kappa shape index (κ3) is 4.84. The summed E-state index contributed by atoms with van der Waals surface area (Å²) >= 11 is 5.76. The monoisotopic (exact) mass is 351 g/mol. The van der Waals surface area contributed by atoms with Gasteiger partial charge in [-0.3, -0.25) is 4.79 Å². The molecular formula is C16H14ClNO4S. The number of amides is 1. The van der Waals surface area contributed by atoms with Gasteiger partial charge >= 0.3 is 0 Å². The first kappa shape index (κ1) is 17.1. The molecule has 0 heterocycles. The van der Waals surface area contributed by atoms with Crippen molar-refractivity contribution in [1.29, 1.82) is 0 Å². The summed E-state index contributed by atoms with van der Waals surface area (Å²) in [6, 6.07) is 12.6. The molecule has 0 atom stereocenters. The number of rotatable bonds is 5. The standard InChI is InChI=1S/C16H14ClNO4S/c1-22-14-3-2-4-15(11-14)23(20,21)18-16(19)10-7-12-5-8-13(17)9-6-12/h2-11H,1H3,(H,18,19). The molecule has 0 radical (unpaired) electrons. The van der Waals surface area contributed by atoms with Gasteiger partial charge in [-0.25, -0.2) is 13.1 Å². The molecule has 120 valence electrons. The van der Waals surface area contributed by atoms with E-state index in [2.05, 4.69) is 0 Å². The van der Waals surface area contributed by atoms with Crippen LogP contribution in [0.2, 0.25) is 5.02 Å². The first-order valence-electron chi connectivity index (χ1n) is 6.55. The summed E-state index contributed by atoms with van der Waals surface area (Å²) in [5.41, 5.74) is 0.725. The van der Waals surface area contributed by atoms with Gasteiger partial charge in [-0.05, 0) is 35.9 Å². The van der Waals surface area contributed by atoms with Gasteiger partial charge in [-0.15, -0.1) is 0 Å². The molecule has 0 bridgehead atoms. The van der Waals surface area contributed by atoms with E-state index in [9.17, 15) is 13.2 Å². The quantitative estimate of drug-likeness (QED) is 0.841. The number of nitrogens with one attached hydrogen (secondary N) is 1. The Morgan fingerprint density at radius 3 is 2.52 bits per heavy atom. The molecule has 23 heavy (non-hydrogen) atoms. The van der Waals surface area contributed by atoms with Gasteiger partial charge in [0.1, 0.15) is 5.75 Å². The topological polar surface area (TPSA) is 72.5 Å². The molecule has 0 saturated carbocycles. The van der Waals surface area contributed by atoms with Crippen LogP contribution in [0.1, 0.15) is 5.56 Å². The number of hydrogen-bond donors (Lipinski definition) is 1. The highest BCUT2D eigenvalue weighted by Gasteiger charge is 2.16. The molecule has 0 fully saturated rings. The van der Waals surface area contributed by atoms with E-state index in [0.717, 1.165) is 11.6 Å². The maximum Gasteiger partial charge on any atom is 0.264 e. The lowest BCUT2D eigenvalue weighted by molar-refractivity contribution is -0.114. The molecule has 7 heteroatoms. The van der Waals surface area contributed by atoms with Crippen molar-refractivity contribution in [3.8, 4) is 5.75 Å². The molecule has 0 aromatic heterocycles. The minimum Gasteiger partial charge on any atom is -0.497 e. The Morgan fingerprint density at radius 2 is 1.87 bits per heavy atom. The summed E-state index contributed by atoms with van der Waals surface area (Å²) in [6.45, 7) is 0. The van der Waals surface area contributed by atoms with Gasteiger partial charge in [0.15, 0.2) is 0 Å². The fourth-order valence-electron chi connectivity index (χ4n) is 1.74. The average Bonchev–Trinajstić information content (AvgIpc) is 2.54. The van der Waals surface area contributed by atoms with E-state index in [-0.39, 0.29) is 4.90 Å². The van der Waals surface area contributed by atoms with Crippen LogP contribution >= 0.6 is 11.6 Å². The van der Waals surface area contributed by atoms with Crippen LogP contribution in [-0.2, 0) is 14.8 Å². The van der Waals surface area contributed by atoms with Gasteiger partial charge in [0.05, 0.1) is 12.0 Å². The zero-order valence-electron chi connectivity index (χ0n) is 12.2. The molecule has 0 spiro atoms. The fraction of sp³-hybridized carbons (Fsp3) is 0.0625. The molecule has 1 N–H and O–H groups in total. The molecule has 0 aliphatic carbocycles. The number of benzene rings is 2. The number of halogens is 1. The van der Waals surface area contributed by atoms with Gasteiger partial charge in [-0.2, -0.15) is 0 Å². The van der Waals surface area contributed by atoms with Crippen molar-refractivity contribution in [3.05, 3.63) is 65.2 Å². The molecular weight excluding hydrogens is 338 g/mol. The minimum absolute atomic E-state index is 0.0508. The molecule has 2 aromatic rings. The Labute approximate surface area is 139 Å². The third-order valence-electron chi connectivity index (χ3n) is 2.88. The van der Waals surface area contributed by atoms with Crippen molar-refractivity contribution in [2.75, 3.05) is 7.11 Å². The molecule has 0 aliphatic heterocycles. The second-order valence-electron chi connectivity index (χ2n) is 4.53. The Hall–Kier alpha value is -2.31. The summed E-state index contributed by atoms with van der Waals surface area (Å²) in [7, 11) is -2.53. The molecule has 5 nitrogen and oxygen atoms in total. The Bertz CT molecular complexity index is 829. The second-order valence-corrected chi connectivity index (χ2v) is 6.65. The number of ether oxygens (including phenoxy) is 1. The van der Waals surface area contributed by atoms with Crippen LogP contribution in [-0.4, -0.2) is 21.4 Å². The summed E-state index contributed by atoms with van der Waals surface area (Å²) in [4.78, 5) is 11.7. The van der Waals surface area contributed by atoms with Gasteiger partial charge < -0.3 is 4.74 Å². The Kier molecular flexibility index (Phi) is 5.41. The third-order valence-corrected chi connectivity index (χ3v) is 4.48. The van der Waals surface area contributed by atoms with Crippen LogP contribution in [0.4, 0.5) is 0 Å². The van der Waals surface area contributed by atoms with Crippen molar-refractivity contribution in [1.82, 2.24) is 4.72 Å². The lowest BCUT2D eigenvalue weighted by Crippen LogP contribution is -2.28. The van der Waals surface area contributed by atoms with E-state index in [1.807, 2.05) is 4.72 Å². The van der Waals surface area contributed by atoms with Gasteiger partial charge in [0, 0.05) is 17.2 Å². The molecule has 1 amide bonds. The summed E-state index contributed by atoms with van der Waals surface area (Å²) in [6.07, 6.45) is 2.63. The predicted molar refractivity (Wildman–Crippen MR) is 88.8 cm³/mol. The first-order valence-corrected chi connectivity index (χ1v) is 8.41. The van der Waals surface area contributed by atoms with Gasteiger partial charge in [0.2, 0.25) is 0 Å². The van der Waals surface area contributed by atoms with E-state index in [1.165, 1.54) is 31.4 Å². The predicted octanol–water partition coefficient (Wildman–Crippen LogP) is 2.87. The van der Waals surface area contributed by atoms with E-state index < -0.39 is 15.9 Å². The van der Waals surface area contributed by atoms with E-state index in [1.54, 1.807) is 30.3 Å². The van der Waals surface area contributed by atoms with E-state index in [0.29, 0.717) is 10.8 Å². The molecule has 2 aromatic carbocycles. The van der Waals surface area contributed by atoms with E-state index >= 15 is 0 Å². The van der Waals surface area contributed by atoms with Crippen LogP contribution < -0.4 is 9.46 Å². The minimum atomic E-state index is -3.96. The van der Waals surface area contributed by atoms with Crippen LogP contribution in [0.5, 0.6) is 5.75 Å². The first-order chi connectivity index (χ1) is 10.9. The lowest BCUT2D eigenvalue weighted by atomic mass is 10.2. The highest BCUT2D eigenvalue weighted by Crippen LogP contribution is 2.17. The van der Waals surface area contributed by atoms with Crippen LogP contribution in [0.15, 0.2) is 59.5 Å². The maximum absolute atomic E-state index is 12.1. The summed E-state index contributed by atoms with van der Waals surface area (Å²) < 4.78 is 31.2. The number of sulfonamides is 1. The largest absolute Gasteiger partial charge is 0.497 e. The highest BCUT2D eigenvalue weighted by molar-refractivity contribution is 7.90.